The molecule has 0 aliphatic carbocycles. The summed E-state index contributed by atoms with van der Waals surface area (Å²) < 4.78 is 22.7. The number of fused-ring (bicyclic) bond motifs is 4. The number of carbonyl (C=O) groups is 2. The zero-order valence-electron chi connectivity index (χ0n) is 41.6. The quantitative estimate of drug-likeness (QED) is 0.0367. The normalized spacial score (nSPS) is 10.3. The number of amides is 2. The van der Waals surface area contributed by atoms with Crippen molar-refractivity contribution in [3.63, 3.8) is 0 Å². The average molecular weight is 1020 g/mol. The minimum atomic E-state index is 0. The van der Waals surface area contributed by atoms with E-state index in [0.29, 0.717) is 39.4 Å². The molecule has 0 atom stereocenters. The second-order valence-corrected chi connectivity index (χ2v) is 16.1. The molecule has 71 heavy (non-hydrogen) atoms. The van der Waals surface area contributed by atoms with Crippen molar-refractivity contribution in [3.8, 4) is 23.0 Å². The van der Waals surface area contributed by atoms with Crippen LogP contribution < -0.4 is 41.0 Å². The Hall–Kier alpha value is -6.32. The highest BCUT2D eigenvalue weighted by atomic mass is 35.5. The Morgan fingerprint density at radius 1 is 0.493 bits per heavy atom. The first-order valence-corrected chi connectivity index (χ1v) is 23.9. The van der Waals surface area contributed by atoms with Crippen molar-refractivity contribution in [1.29, 1.82) is 0 Å². The fraction of sp³-hybridized carbons (Fsp3) is 0.382. The van der Waals surface area contributed by atoms with Crippen LogP contribution in [-0.2, 0) is 35.3 Å². The molecule has 10 N–H and O–H groups in total. The summed E-state index contributed by atoms with van der Waals surface area (Å²) in [5.41, 5.74) is 20.3. The Balaban J connectivity index is 0.000000321. The molecule has 4 heterocycles. The first-order valence-electron chi connectivity index (χ1n) is 23.9. The van der Waals surface area contributed by atoms with Gasteiger partial charge in [-0.1, -0.05) is 57.7 Å². The molecule has 8 rings (SSSR count). The number of ether oxygens (including phenoxy) is 4. The minimum absolute atomic E-state index is 0. The van der Waals surface area contributed by atoms with Gasteiger partial charge in [0.25, 0.3) is 0 Å². The lowest BCUT2D eigenvalue weighted by atomic mass is 10.1. The van der Waals surface area contributed by atoms with E-state index in [2.05, 4.69) is 62.6 Å². The third-order valence-electron chi connectivity index (χ3n) is 10.9. The van der Waals surface area contributed by atoms with Crippen LogP contribution in [0.2, 0.25) is 0 Å². The maximum absolute atomic E-state index is 10.9. The Bertz CT molecular complexity index is 2780. The van der Waals surface area contributed by atoms with Crippen LogP contribution in [0.1, 0.15) is 84.1 Å². The SMILES string of the molecule is C.CCCOc1cccc2[nH]cc(CCN)c12.CCCOc1cccc2[nH]cc(CCNC(C)=O)c12.CCOc1cccc2c(CCN)c[nH]c12.CCOc1cccc2c(CCNC(C)=O)c[nH]c12.Cl.Cl. The van der Waals surface area contributed by atoms with Crippen molar-refractivity contribution in [2.45, 2.75) is 87.5 Å². The molecule has 0 unspecified atom stereocenters. The summed E-state index contributed by atoms with van der Waals surface area (Å²) in [5, 5.41) is 10.3. The highest BCUT2D eigenvalue weighted by Gasteiger charge is 2.12. The van der Waals surface area contributed by atoms with E-state index in [0.717, 1.165) is 108 Å². The van der Waals surface area contributed by atoms with Gasteiger partial charge in [0.05, 0.1) is 37.5 Å². The van der Waals surface area contributed by atoms with Crippen molar-refractivity contribution in [1.82, 2.24) is 30.6 Å². The van der Waals surface area contributed by atoms with Crippen LogP contribution in [-0.4, -0.2) is 84.4 Å². The van der Waals surface area contributed by atoms with Crippen molar-refractivity contribution in [3.05, 3.63) is 120 Å². The number of halogens is 2. The zero-order chi connectivity index (χ0) is 48.7. The number of nitrogens with one attached hydrogen (secondary N) is 6. The first kappa shape index (κ1) is 60.8. The molecule has 388 valence electrons. The van der Waals surface area contributed by atoms with Crippen LogP contribution in [0.15, 0.2) is 97.6 Å². The highest BCUT2D eigenvalue weighted by Crippen LogP contribution is 2.31. The van der Waals surface area contributed by atoms with Gasteiger partial charge in [-0.3, -0.25) is 9.59 Å². The van der Waals surface area contributed by atoms with Crippen LogP contribution in [0, 0.1) is 0 Å². The number of hydrogen-bond acceptors (Lipinski definition) is 8. The van der Waals surface area contributed by atoms with E-state index in [-0.39, 0.29) is 44.1 Å². The summed E-state index contributed by atoms with van der Waals surface area (Å²) in [5.74, 6) is 3.67. The van der Waals surface area contributed by atoms with Gasteiger partial charge in [0.15, 0.2) is 0 Å². The number of carbonyl (C=O) groups excluding carboxylic acids is 2. The molecule has 0 fully saturated rings. The van der Waals surface area contributed by atoms with E-state index >= 15 is 0 Å². The van der Waals surface area contributed by atoms with Gasteiger partial charge >= 0.3 is 0 Å². The van der Waals surface area contributed by atoms with Crippen LogP contribution >= 0.6 is 24.8 Å². The van der Waals surface area contributed by atoms with Crippen LogP contribution in [0.25, 0.3) is 43.6 Å². The zero-order valence-corrected chi connectivity index (χ0v) is 43.2. The molecule has 8 aromatic rings. The fourth-order valence-corrected chi connectivity index (χ4v) is 7.89. The number of rotatable bonds is 20. The summed E-state index contributed by atoms with van der Waals surface area (Å²) in [6.45, 7) is 16.7. The molecule has 14 nitrogen and oxygen atoms in total. The Kier molecular flexibility index (Phi) is 27.9. The molecule has 4 aromatic carbocycles. The number of H-pyrrole nitrogens is 4. The standard InChI is InChI=1S/C15H20N2O2.C14H18N2O2.C13H18N2O.C12H16N2O.CH4.2ClH/c1-3-9-19-14-6-4-5-13-15(14)12(10-17-13)7-8-16-11(2)18;1-3-18-13-6-4-5-12-11(9-16-14(12)13)7-8-15-10(2)17;1-2-8-16-12-5-3-4-11-13(12)10(6-7-14)9-15-11;1-2-15-11-5-3-4-10-9(6-7-13)8-14-12(10)11;;;/h4-6,10,17H,3,7-9H2,1-2H3,(H,16,18);4-6,9,16H,3,7-8H2,1-2H3,(H,15,17);3-5,9,15H,2,6-8,14H2,1H3;3-5,8,14H,2,6-7,13H2,1H3;1H4;2*1H. The largest absolute Gasteiger partial charge is 0.493 e. The number of benzene rings is 4. The molecule has 2 amide bonds. The summed E-state index contributed by atoms with van der Waals surface area (Å²) in [6.07, 6.45) is 13.4. The van der Waals surface area contributed by atoms with Crippen molar-refractivity contribution in [2.75, 3.05) is 52.6 Å². The molecular formula is C55H78Cl2N8O6. The van der Waals surface area contributed by atoms with Gasteiger partial charge in [-0.25, -0.2) is 0 Å². The molecular weight excluding hydrogens is 940 g/mol. The summed E-state index contributed by atoms with van der Waals surface area (Å²) >= 11 is 0. The molecule has 0 spiro atoms. The number of hydrogen-bond donors (Lipinski definition) is 8. The van der Waals surface area contributed by atoms with Gasteiger partial charge < -0.3 is 61.0 Å². The van der Waals surface area contributed by atoms with E-state index < -0.39 is 0 Å². The summed E-state index contributed by atoms with van der Waals surface area (Å²) in [4.78, 5) is 34.7. The van der Waals surface area contributed by atoms with Crippen molar-refractivity contribution in [2.24, 2.45) is 11.5 Å². The van der Waals surface area contributed by atoms with Crippen molar-refractivity contribution < 1.29 is 28.5 Å². The third-order valence-corrected chi connectivity index (χ3v) is 10.9. The van der Waals surface area contributed by atoms with Gasteiger partial charge in [0.1, 0.15) is 23.0 Å². The maximum atomic E-state index is 10.9. The van der Waals surface area contributed by atoms with Crippen LogP contribution in [0.3, 0.4) is 0 Å². The monoisotopic (exact) mass is 1020 g/mol. The molecule has 0 saturated heterocycles. The molecule has 16 heteroatoms. The van der Waals surface area contributed by atoms with Crippen LogP contribution in [0.5, 0.6) is 23.0 Å². The van der Waals surface area contributed by atoms with Crippen molar-refractivity contribution >= 4 is 80.2 Å². The van der Waals surface area contributed by atoms with E-state index in [1.165, 1.54) is 46.9 Å². The van der Waals surface area contributed by atoms with E-state index in [1.807, 2.05) is 93.2 Å². The van der Waals surface area contributed by atoms with Gasteiger partial charge in [-0.15, -0.1) is 24.8 Å². The first-order chi connectivity index (χ1) is 33.2. The lowest BCUT2D eigenvalue weighted by Gasteiger charge is -2.08. The minimum Gasteiger partial charge on any atom is -0.493 e. The second kappa shape index (κ2) is 32.5. The lowest BCUT2D eigenvalue weighted by Crippen LogP contribution is -2.22. The van der Waals surface area contributed by atoms with E-state index in [9.17, 15) is 9.59 Å². The molecule has 4 aromatic heterocycles. The summed E-state index contributed by atoms with van der Waals surface area (Å²) in [7, 11) is 0. The number of para-hydroxylation sites is 2. The van der Waals surface area contributed by atoms with Gasteiger partial charge in [-0.2, -0.15) is 0 Å². The predicted octanol–water partition coefficient (Wildman–Crippen LogP) is 10.9. The molecule has 0 aliphatic rings. The molecule has 0 radical (unpaired) electrons. The Morgan fingerprint density at radius 3 is 1.27 bits per heavy atom. The Morgan fingerprint density at radius 2 is 0.859 bits per heavy atom. The Labute approximate surface area is 431 Å². The topological polar surface area (TPSA) is 210 Å². The highest BCUT2D eigenvalue weighted by molar-refractivity contribution is 5.91. The number of aromatic nitrogens is 4. The smallest absolute Gasteiger partial charge is 0.216 e. The van der Waals surface area contributed by atoms with E-state index in [1.54, 1.807) is 0 Å². The van der Waals surface area contributed by atoms with E-state index in [4.69, 9.17) is 30.4 Å². The lowest BCUT2D eigenvalue weighted by molar-refractivity contribution is -0.119. The molecule has 0 aliphatic heterocycles. The number of nitrogens with two attached hydrogens (primary N) is 2. The average Bonchev–Trinajstić information content (AvgIpc) is 4.16. The number of aromatic amines is 4. The van der Waals surface area contributed by atoms with Crippen LogP contribution in [0.4, 0.5) is 0 Å². The van der Waals surface area contributed by atoms with Gasteiger partial charge in [0, 0.05) is 84.3 Å². The van der Waals surface area contributed by atoms with Gasteiger partial charge in [-0.05, 0) is 124 Å². The maximum Gasteiger partial charge on any atom is 0.216 e. The van der Waals surface area contributed by atoms with Gasteiger partial charge in [0.2, 0.25) is 11.8 Å². The second-order valence-electron chi connectivity index (χ2n) is 16.1. The summed E-state index contributed by atoms with van der Waals surface area (Å²) in [6, 6.07) is 24.2. The molecule has 0 bridgehead atoms. The predicted molar refractivity (Wildman–Crippen MR) is 299 cm³/mol. The molecule has 0 saturated carbocycles. The fourth-order valence-electron chi connectivity index (χ4n) is 7.89. The third kappa shape index (κ3) is 17.5.